The number of aliphatic hydroxyl groups is 1. The summed E-state index contributed by atoms with van der Waals surface area (Å²) in [6.07, 6.45) is 3.36. The molecule has 3 heterocycles. The number of amides is 1. The Morgan fingerprint density at radius 1 is 1.10 bits per heavy atom. The topological polar surface area (TPSA) is 93.1 Å². The van der Waals surface area contributed by atoms with Crippen LogP contribution in [-0.4, -0.2) is 35.4 Å². The minimum absolute atomic E-state index is 0.0466. The first-order chi connectivity index (χ1) is 14.1. The van der Waals surface area contributed by atoms with Crippen molar-refractivity contribution < 1.29 is 28.3 Å². The van der Waals surface area contributed by atoms with Gasteiger partial charge in [0.15, 0.2) is 11.5 Å². The van der Waals surface area contributed by atoms with Gasteiger partial charge in [-0.05, 0) is 48.4 Å². The Labute approximate surface area is 166 Å². The van der Waals surface area contributed by atoms with Gasteiger partial charge in [0.25, 0.3) is 5.91 Å². The largest absolute Gasteiger partial charge is 0.503 e. The molecule has 0 saturated carbocycles. The fourth-order valence-corrected chi connectivity index (χ4v) is 3.44. The molecule has 0 fully saturated rings. The highest BCUT2D eigenvalue weighted by Gasteiger charge is 2.45. The van der Waals surface area contributed by atoms with E-state index in [1.807, 2.05) is 24.3 Å². The fraction of sp³-hybridized carbons (Fsp3) is 0.182. The third-order valence-corrected chi connectivity index (χ3v) is 4.91. The summed E-state index contributed by atoms with van der Waals surface area (Å²) in [5, 5.41) is 10.5. The molecule has 1 aliphatic rings. The molecule has 0 aliphatic carbocycles. The van der Waals surface area contributed by atoms with Gasteiger partial charge in [0.2, 0.25) is 5.78 Å². The van der Waals surface area contributed by atoms with Crippen LogP contribution in [0.4, 0.5) is 0 Å². The number of benzene rings is 1. The standard InChI is InChI=1S/C22H19NO6/c1-27-15-8-6-14(7-9-15)10-11-23-19(16-4-2-12-28-16)18(21(25)22(23)26)20(24)17-5-3-13-29-17/h2-9,12-13,19,25H,10-11H2,1H3. The first-order valence-electron chi connectivity index (χ1n) is 9.08. The van der Waals surface area contributed by atoms with E-state index >= 15 is 0 Å². The van der Waals surface area contributed by atoms with Crippen molar-refractivity contribution in [2.75, 3.05) is 13.7 Å². The van der Waals surface area contributed by atoms with Crippen molar-refractivity contribution in [2.24, 2.45) is 0 Å². The number of hydrogen-bond acceptors (Lipinski definition) is 6. The van der Waals surface area contributed by atoms with Crippen molar-refractivity contribution in [3.63, 3.8) is 0 Å². The Morgan fingerprint density at radius 2 is 1.83 bits per heavy atom. The summed E-state index contributed by atoms with van der Waals surface area (Å²) in [5.41, 5.74) is 0.941. The second-order valence-electron chi connectivity index (χ2n) is 6.58. The van der Waals surface area contributed by atoms with Gasteiger partial charge in [0.1, 0.15) is 17.6 Å². The molecule has 148 valence electrons. The van der Waals surface area contributed by atoms with Gasteiger partial charge in [0, 0.05) is 6.54 Å². The molecule has 1 unspecified atom stereocenters. The molecule has 1 N–H and O–H groups in total. The number of aliphatic hydroxyl groups excluding tert-OH is 1. The lowest BCUT2D eigenvalue weighted by Crippen LogP contribution is -2.32. The first kappa shape index (κ1) is 18.6. The fourth-order valence-electron chi connectivity index (χ4n) is 3.44. The van der Waals surface area contributed by atoms with E-state index in [0.29, 0.717) is 12.2 Å². The zero-order valence-electron chi connectivity index (χ0n) is 15.7. The van der Waals surface area contributed by atoms with Crippen molar-refractivity contribution in [2.45, 2.75) is 12.5 Å². The molecule has 29 heavy (non-hydrogen) atoms. The van der Waals surface area contributed by atoms with E-state index in [1.54, 1.807) is 25.3 Å². The molecule has 0 saturated heterocycles. The zero-order chi connectivity index (χ0) is 20.4. The van der Waals surface area contributed by atoms with Crippen LogP contribution in [0.3, 0.4) is 0 Å². The van der Waals surface area contributed by atoms with Crippen molar-refractivity contribution >= 4 is 11.7 Å². The molecule has 4 rings (SSSR count). The van der Waals surface area contributed by atoms with Crippen LogP contribution in [0.1, 0.15) is 27.9 Å². The van der Waals surface area contributed by atoms with Crippen LogP contribution >= 0.6 is 0 Å². The van der Waals surface area contributed by atoms with E-state index in [1.165, 1.54) is 23.5 Å². The predicted molar refractivity (Wildman–Crippen MR) is 103 cm³/mol. The van der Waals surface area contributed by atoms with Crippen LogP contribution in [-0.2, 0) is 11.2 Å². The van der Waals surface area contributed by atoms with Gasteiger partial charge < -0.3 is 23.6 Å². The highest BCUT2D eigenvalue weighted by atomic mass is 16.5. The SMILES string of the molecule is COc1ccc(CCN2C(=O)C(O)=C(C(=O)c3ccco3)C2c2ccco2)cc1. The van der Waals surface area contributed by atoms with Gasteiger partial charge in [-0.25, -0.2) is 0 Å². The minimum atomic E-state index is -0.826. The minimum Gasteiger partial charge on any atom is -0.503 e. The van der Waals surface area contributed by atoms with E-state index in [2.05, 4.69) is 0 Å². The Balaban J connectivity index is 1.63. The maximum atomic E-state index is 12.9. The highest BCUT2D eigenvalue weighted by Crippen LogP contribution is 2.39. The molecule has 0 radical (unpaired) electrons. The molecule has 1 aromatic carbocycles. The summed E-state index contributed by atoms with van der Waals surface area (Å²) in [4.78, 5) is 27.1. The van der Waals surface area contributed by atoms with Crippen LogP contribution in [0.2, 0.25) is 0 Å². The molecular weight excluding hydrogens is 374 g/mol. The third kappa shape index (κ3) is 3.42. The van der Waals surface area contributed by atoms with E-state index in [9.17, 15) is 14.7 Å². The molecule has 7 nitrogen and oxygen atoms in total. The Kier molecular flexibility index (Phi) is 4.95. The van der Waals surface area contributed by atoms with Gasteiger partial charge in [-0.15, -0.1) is 0 Å². The molecule has 2 aromatic heterocycles. The number of carbonyl (C=O) groups excluding carboxylic acids is 2. The maximum Gasteiger partial charge on any atom is 0.290 e. The summed E-state index contributed by atoms with van der Waals surface area (Å²) in [5.74, 6) is -0.559. The maximum absolute atomic E-state index is 12.9. The number of carbonyl (C=O) groups is 2. The van der Waals surface area contributed by atoms with Gasteiger partial charge >= 0.3 is 0 Å². The number of rotatable bonds is 7. The van der Waals surface area contributed by atoms with E-state index < -0.39 is 23.5 Å². The average molecular weight is 393 g/mol. The van der Waals surface area contributed by atoms with Gasteiger partial charge in [-0.3, -0.25) is 9.59 Å². The second kappa shape index (κ2) is 7.71. The van der Waals surface area contributed by atoms with Gasteiger partial charge in [-0.2, -0.15) is 0 Å². The van der Waals surface area contributed by atoms with E-state index in [-0.39, 0.29) is 17.9 Å². The summed E-state index contributed by atoms with van der Waals surface area (Å²) in [6, 6.07) is 13.1. The predicted octanol–water partition coefficient (Wildman–Crippen LogP) is 3.70. The Bertz CT molecular complexity index is 1030. The molecule has 1 aliphatic heterocycles. The number of ketones is 1. The molecule has 0 bridgehead atoms. The normalized spacial score (nSPS) is 16.5. The quantitative estimate of drug-likeness (QED) is 0.615. The first-order valence-corrected chi connectivity index (χ1v) is 9.08. The van der Waals surface area contributed by atoms with Gasteiger partial charge in [-0.1, -0.05) is 12.1 Å². The Hall–Kier alpha value is -3.74. The molecule has 0 spiro atoms. The van der Waals surface area contributed by atoms with Crippen LogP contribution in [0.15, 0.2) is 81.2 Å². The number of nitrogens with zero attached hydrogens (tertiary/aromatic N) is 1. The summed E-state index contributed by atoms with van der Waals surface area (Å²) in [6.45, 7) is 0.287. The monoisotopic (exact) mass is 393 g/mol. The van der Waals surface area contributed by atoms with Crippen molar-refractivity contribution in [3.05, 3.63) is 89.5 Å². The summed E-state index contributed by atoms with van der Waals surface area (Å²) in [7, 11) is 1.60. The lowest BCUT2D eigenvalue weighted by atomic mass is 9.99. The highest BCUT2D eigenvalue weighted by molar-refractivity contribution is 6.14. The lowest BCUT2D eigenvalue weighted by Gasteiger charge is -2.24. The Morgan fingerprint density at radius 3 is 2.45 bits per heavy atom. The summed E-state index contributed by atoms with van der Waals surface area (Å²) < 4.78 is 15.8. The van der Waals surface area contributed by atoms with Crippen LogP contribution in [0.25, 0.3) is 0 Å². The van der Waals surface area contributed by atoms with E-state index in [4.69, 9.17) is 13.6 Å². The van der Waals surface area contributed by atoms with Gasteiger partial charge in [0.05, 0.1) is 25.2 Å². The van der Waals surface area contributed by atoms with Crippen molar-refractivity contribution in [1.82, 2.24) is 4.90 Å². The smallest absolute Gasteiger partial charge is 0.290 e. The van der Waals surface area contributed by atoms with Crippen molar-refractivity contribution in [1.29, 1.82) is 0 Å². The molecular formula is C22H19NO6. The second-order valence-corrected chi connectivity index (χ2v) is 6.58. The molecule has 1 atom stereocenters. The number of Topliss-reactive ketones (excluding diaryl/α,β-unsaturated/α-hetero) is 1. The summed E-state index contributed by atoms with van der Waals surface area (Å²) >= 11 is 0. The molecule has 7 heteroatoms. The third-order valence-electron chi connectivity index (χ3n) is 4.91. The number of hydrogen-bond donors (Lipinski definition) is 1. The molecule has 3 aromatic rings. The van der Waals surface area contributed by atoms with Crippen LogP contribution < -0.4 is 4.74 Å². The van der Waals surface area contributed by atoms with E-state index in [0.717, 1.165) is 11.3 Å². The lowest BCUT2D eigenvalue weighted by molar-refractivity contribution is -0.129. The number of furan rings is 2. The molecule has 1 amide bonds. The van der Waals surface area contributed by atoms with Crippen LogP contribution in [0.5, 0.6) is 5.75 Å². The zero-order valence-corrected chi connectivity index (χ0v) is 15.7. The van der Waals surface area contributed by atoms with Crippen LogP contribution in [0, 0.1) is 0 Å². The number of ether oxygens (including phenoxy) is 1. The van der Waals surface area contributed by atoms with Crippen molar-refractivity contribution in [3.8, 4) is 5.75 Å². The number of methoxy groups -OCH3 is 1. The average Bonchev–Trinajstić information content (AvgIpc) is 3.49.